The molecule has 0 heterocycles. The van der Waals surface area contributed by atoms with E-state index in [1.807, 2.05) is 90.7 Å². The van der Waals surface area contributed by atoms with Gasteiger partial charge in [0.25, 0.3) is 11.8 Å². The molecule has 0 bridgehead atoms. The van der Waals surface area contributed by atoms with E-state index in [1.54, 1.807) is 64.2 Å². The summed E-state index contributed by atoms with van der Waals surface area (Å²) in [5.41, 5.74) is 20.0. The van der Waals surface area contributed by atoms with Crippen LogP contribution in [0.25, 0.3) is 0 Å². The fraction of sp³-hybridized carbons (Fsp3) is 0.341. The average molecular weight is 772 g/mol. The SMILES string of the molecule is CC.CC(C)CN(C(=O)c1ccccc1F)c1cccc(N(C)CC(N)=O)c1.CN(C/C(N)=C/N)c1cccc(N(CC(C)(C)C)C(=O)c2ccccc2F)c1. The van der Waals surface area contributed by atoms with E-state index in [-0.39, 0.29) is 34.9 Å². The normalized spacial score (nSPS) is 11.0. The highest BCUT2D eigenvalue weighted by molar-refractivity contribution is 6.07. The molecule has 56 heavy (non-hydrogen) atoms. The number of carbonyl (C=O) groups excluding carboxylic acids is 3. The van der Waals surface area contributed by atoms with Gasteiger partial charge < -0.3 is 36.8 Å². The van der Waals surface area contributed by atoms with Crippen LogP contribution < -0.4 is 36.8 Å². The molecular weight excluding hydrogens is 713 g/mol. The lowest BCUT2D eigenvalue weighted by atomic mass is 9.95. The number of amides is 3. The second kappa shape index (κ2) is 21.8. The van der Waals surface area contributed by atoms with Crippen molar-refractivity contribution in [2.75, 3.05) is 59.9 Å². The molecule has 4 rings (SSSR count). The number of nitrogens with zero attached hydrogens (tertiary/aromatic N) is 4. The second-order valence-electron chi connectivity index (χ2n) is 14.7. The van der Waals surface area contributed by atoms with E-state index in [0.717, 1.165) is 11.4 Å². The Morgan fingerprint density at radius 3 is 1.48 bits per heavy atom. The van der Waals surface area contributed by atoms with Gasteiger partial charge in [-0.25, -0.2) is 8.78 Å². The van der Waals surface area contributed by atoms with Gasteiger partial charge in [-0.15, -0.1) is 0 Å². The first-order chi connectivity index (χ1) is 26.4. The Morgan fingerprint density at radius 2 is 1.07 bits per heavy atom. The number of likely N-dealkylation sites (N-methyl/N-ethyl adjacent to an activating group) is 2. The standard InChI is InChI=1S/C22H29FN4O.C20H24FN3O2.C2H6/c1-22(2,3)15-27(21(28)19-10-5-6-11-20(19)23)18-9-7-8-17(12-18)26(4)14-16(25)13-24;1-14(2)12-24(20(26)17-9-4-5-10-18(17)21)16-8-6-7-15(11-16)23(3)13-19(22)25;1-2/h5-13H,14-15,24-25H2,1-4H3;4-11,14H,12-13H2,1-3H3,(H2,22,25);1-2H3/b16-13-;;. The molecule has 12 heteroatoms. The predicted molar refractivity (Wildman–Crippen MR) is 227 cm³/mol. The number of hydrogen-bond donors (Lipinski definition) is 3. The second-order valence-corrected chi connectivity index (χ2v) is 14.7. The Labute approximate surface area is 331 Å². The van der Waals surface area contributed by atoms with Crippen LogP contribution in [-0.4, -0.2) is 58.0 Å². The zero-order valence-electron chi connectivity index (χ0n) is 34.2. The topological polar surface area (TPSA) is 142 Å². The summed E-state index contributed by atoms with van der Waals surface area (Å²) in [6.07, 6.45) is 1.37. The molecule has 6 N–H and O–H groups in total. The van der Waals surface area contributed by atoms with E-state index >= 15 is 0 Å². The van der Waals surface area contributed by atoms with Crippen LogP contribution in [-0.2, 0) is 4.79 Å². The summed E-state index contributed by atoms with van der Waals surface area (Å²) in [5.74, 6) is -2.09. The maximum absolute atomic E-state index is 14.3. The lowest BCUT2D eigenvalue weighted by Gasteiger charge is -2.31. The minimum Gasteiger partial charge on any atom is -0.403 e. The van der Waals surface area contributed by atoms with E-state index in [2.05, 4.69) is 0 Å². The van der Waals surface area contributed by atoms with Gasteiger partial charge in [0.1, 0.15) is 11.6 Å². The Hall–Kier alpha value is -5.91. The lowest BCUT2D eigenvalue weighted by Crippen LogP contribution is -2.38. The largest absolute Gasteiger partial charge is 0.403 e. The molecular formula is C44H59F2N7O3. The predicted octanol–water partition coefficient (Wildman–Crippen LogP) is 7.79. The van der Waals surface area contributed by atoms with Crippen molar-refractivity contribution in [2.24, 2.45) is 28.5 Å². The molecule has 0 fully saturated rings. The number of hydrogen-bond acceptors (Lipinski definition) is 7. The lowest BCUT2D eigenvalue weighted by molar-refractivity contribution is -0.116. The van der Waals surface area contributed by atoms with Crippen LogP contribution in [0.15, 0.2) is 109 Å². The van der Waals surface area contributed by atoms with Crippen molar-refractivity contribution < 1.29 is 23.2 Å². The zero-order chi connectivity index (χ0) is 42.2. The zero-order valence-corrected chi connectivity index (χ0v) is 34.2. The number of benzene rings is 4. The minimum absolute atomic E-state index is 0.0315. The smallest absolute Gasteiger partial charge is 0.261 e. The van der Waals surface area contributed by atoms with Crippen LogP contribution >= 0.6 is 0 Å². The molecule has 3 amide bonds. The third-order valence-corrected chi connectivity index (χ3v) is 8.07. The molecule has 0 aromatic heterocycles. The van der Waals surface area contributed by atoms with Crippen molar-refractivity contribution in [1.82, 2.24) is 0 Å². The number of primary amides is 1. The molecule has 0 aliphatic carbocycles. The quantitative estimate of drug-likeness (QED) is 0.126. The van der Waals surface area contributed by atoms with Crippen LogP contribution in [0.3, 0.4) is 0 Å². The monoisotopic (exact) mass is 771 g/mol. The number of rotatable bonds is 13. The van der Waals surface area contributed by atoms with Gasteiger partial charge in [0, 0.05) is 61.8 Å². The van der Waals surface area contributed by atoms with Crippen LogP contribution in [0, 0.1) is 23.0 Å². The molecule has 0 unspecified atom stereocenters. The first kappa shape index (κ1) is 46.2. The summed E-state index contributed by atoms with van der Waals surface area (Å²) in [6, 6.07) is 26.8. The van der Waals surface area contributed by atoms with Gasteiger partial charge in [0.2, 0.25) is 5.91 Å². The van der Waals surface area contributed by atoms with Crippen molar-refractivity contribution in [3.63, 3.8) is 0 Å². The molecule has 0 saturated heterocycles. The van der Waals surface area contributed by atoms with Crippen molar-refractivity contribution in [3.05, 3.63) is 132 Å². The van der Waals surface area contributed by atoms with Crippen LogP contribution in [0.4, 0.5) is 31.5 Å². The third-order valence-electron chi connectivity index (χ3n) is 8.07. The molecule has 4 aromatic carbocycles. The van der Waals surface area contributed by atoms with Crippen molar-refractivity contribution in [1.29, 1.82) is 0 Å². The van der Waals surface area contributed by atoms with E-state index in [1.165, 1.54) is 30.5 Å². The third kappa shape index (κ3) is 14.1. The van der Waals surface area contributed by atoms with Gasteiger partial charge in [-0.1, -0.05) is 84.9 Å². The highest BCUT2D eigenvalue weighted by atomic mass is 19.1. The van der Waals surface area contributed by atoms with Crippen LogP contribution in [0.2, 0.25) is 0 Å². The van der Waals surface area contributed by atoms with Crippen molar-refractivity contribution >= 4 is 40.5 Å². The van der Waals surface area contributed by atoms with Crippen LogP contribution in [0.1, 0.15) is 69.2 Å². The Morgan fingerprint density at radius 1 is 0.661 bits per heavy atom. The summed E-state index contributed by atoms with van der Waals surface area (Å²) < 4.78 is 28.3. The summed E-state index contributed by atoms with van der Waals surface area (Å²) in [7, 11) is 3.64. The first-order valence-electron chi connectivity index (χ1n) is 18.6. The maximum atomic E-state index is 14.3. The number of anilines is 4. The van der Waals surface area contributed by atoms with Gasteiger partial charge in [0.05, 0.1) is 24.2 Å². The van der Waals surface area contributed by atoms with Gasteiger partial charge in [-0.2, -0.15) is 0 Å². The highest BCUT2D eigenvalue weighted by Gasteiger charge is 2.26. The molecule has 0 saturated carbocycles. The molecule has 4 aromatic rings. The Kier molecular flexibility index (Phi) is 18.0. The van der Waals surface area contributed by atoms with Crippen molar-refractivity contribution in [3.8, 4) is 0 Å². The van der Waals surface area contributed by atoms with Crippen LogP contribution in [0.5, 0.6) is 0 Å². The summed E-state index contributed by atoms with van der Waals surface area (Å²) >= 11 is 0. The van der Waals surface area contributed by atoms with Crippen molar-refractivity contribution in [2.45, 2.75) is 48.5 Å². The van der Waals surface area contributed by atoms with Gasteiger partial charge in [-0.05, 0) is 72.0 Å². The molecule has 0 atom stereocenters. The van der Waals surface area contributed by atoms with Gasteiger partial charge >= 0.3 is 0 Å². The fourth-order valence-electron chi connectivity index (χ4n) is 5.53. The summed E-state index contributed by atoms with van der Waals surface area (Å²) in [5, 5.41) is 0. The molecule has 0 aliphatic heterocycles. The average Bonchev–Trinajstić information content (AvgIpc) is 3.16. The minimum atomic E-state index is -0.548. The van der Waals surface area contributed by atoms with E-state index in [4.69, 9.17) is 17.2 Å². The molecule has 0 radical (unpaired) electrons. The van der Waals surface area contributed by atoms with Gasteiger partial charge in [-0.3, -0.25) is 14.4 Å². The molecule has 0 aliphatic rings. The molecule has 10 nitrogen and oxygen atoms in total. The summed E-state index contributed by atoms with van der Waals surface area (Å²) in [4.78, 5) is 44.1. The van der Waals surface area contributed by atoms with Gasteiger partial charge in [0.15, 0.2) is 0 Å². The molecule has 302 valence electrons. The number of carbonyl (C=O) groups is 3. The fourth-order valence-corrected chi connectivity index (χ4v) is 5.53. The highest BCUT2D eigenvalue weighted by Crippen LogP contribution is 2.28. The number of nitrogens with two attached hydrogens (primary N) is 3. The van der Waals surface area contributed by atoms with E-state index < -0.39 is 23.4 Å². The van der Waals surface area contributed by atoms with E-state index in [9.17, 15) is 23.2 Å². The Bertz CT molecular complexity index is 1930. The summed E-state index contributed by atoms with van der Waals surface area (Å²) in [6.45, 7) is 15.5. The number of halogens is 2. The van der Waals surface area contributed by atoms with E-state index in [0.29, 0.717) is 36.7 Å². The molecule has 0 spiro atoms. The maximum Gasteiger partial charge on any atom is 0.261 e. The first-order valence-corrected chi connectivity index (χ1v) is 18.6. The Balaban J connectivity index is 0.000000371.